The Kier molecular flexibility index (Phi) is 5.29. The highest BCUT2D eigenvalue weighted by molar-refractivity contribution is 6.34. The van der Waals surface area contributed by atoms with Gasteiger partial charge in [-0.1, -0.05) is 13.0 Å². The van der Waals surface area contributed by atoms with Crippen LogP contribution in [0.25, 0.3) is 0 Å². The van der Waals surface area contributed by atoms with Crippen LogP contribution in [0.1, 0.15) is 48.8 Å². The van der Waals surface area contributed by atoms with Gasteiger partial charge in [0.25, 0.3) is 0 Å². The van der Waals surface area contributed by atoms with Gasteiger partial charge >= 0.3 is 0 Å². The number of amides is 1. The van der Waals surface area contributed by atoms with E-state index in [2.05, 4.69) is 11.4 Å². The molecule has 5 heteroatoms. The van der Waals surface area contributed by atoms with Crippen LogP contribution in [0, 0.1) is 0 Å². The molecular weight excluding hydrogens is 265 g/mol. The molecule has 0 radical (unpaired) electrons. The van der Waals surface area contributed by atoms with Crippen LogP contribution in [-0.4, -0.2) is 37.1 Å². The molecule has 114 valence electrons. The number of nitrogens with one attached hydrogen (secondary N) is 1. The number of rotatable bonds is 6. The number of aromatic hydroxyl groups is 1. The standard InChI is InChI=1S/C16H24BNO3/c1-2-14(20)18-7-5-10-3-4-11-9-13(17)16(21)12(6-8-19)15(10)11/h9-10,19,21H,2-8,17H2,1H3,(H,18,20)/t10-/m0/s1. The minimum absolute atomic E-state index is 0.0444. The number of hydrogen-bond acceptors (Lipinski definition) is 3. The summed E-state index contributed by atoms with van der Waals surface area (Å²) >= 11 is 0. The monoisotopic (exact) mass is 289 g/mol. The molecule has 0 saturated heterocycles. The Balaban J connectivity index is 2.17. The van der Waals surface area contributed by atoms with Crippen molar-refractivity contribution >= 4 is 19.2 Å². The molecule has 21 heavy (non-hydrogen) atoms. The molecule has 1 aromatic carbocycles. The van der Waals surface area contributed by atoms with Crippen molar-refractivity contribution in [1.82, 2.24) is 5.32 Å². The van der Waals surface area contributed by atoms with E-state index in [-0.39, 0.29) is 12.5 Å². The van der Waals surface area contributed by atoms with Crippen molar-refractivity contribution in [2.45, 2.75) is 44.9 Å². The van der Waals surface area contributed by atoms with Gasteiger partial charge in [-0.3, -0.25) is 4.79 Å². The van der Waals surface area contributed by atoms with Crippen LogP contribution in [0.15, 0.2) is 6.07 Å². The molecule has 0 heterocycles. The SMILES string of the molecule is Bc1cc2c(c(CCO)c1O)[C@H](CCNC(=O)CC)CC2. The highest BCUT2D eigenvalue weighted by Gasteiger charge is 2.27. The second-order valence-electron chi connectivity index (χ2n) is 5.79. The van der Waals surface area contributed by atoms with Gasteiger partial charge < -0.3 is 15.5 Å². The zero-order valence-electron chi connectivity index (χ0n) is 12.9. The normalized spacial score (nSPS) is 16.8. The summed E-state index contributed by atoms with van der Waals surface area (Å²) in [7, 11) is 1.91. The molecule has 0 aliphatic heterocycles. The van der Waals surface area contributed by atoms with Crippen molar-refractivity contribution in [2.24, 2.45) is 0 Å². The van der Waals surface area contributed by atoms with E-state index >= 15 is 0 Å². The molecule has 2 rings (SSSR count). The van der Waals surface area contributed by atoms with E-state index < -0.39 is 0 Å². The van der Waals surface area contributed by atoms with E-state index in [9.17, 15) is 15.0 Å². The molecular formula is C16H24BNO3. The van der Waals surface area contributed by atoms with Gasteiger partial charge in [-0.25, -0.2) is 0 Å². The maximum atomic E-state index is 11.3. The maximum Gasteiger partial charge on any atom is 0.219 e. The molecule has 1 aromatic rings. The zero-order valence-corrected chi connectivity index (χ0v) is 12.9. The van der Waals surface area contributed by atoms with E-state index in [1.807, 2.05) is 14.8 Å². The first-order chi connectivity index (χ1) is 10.1. The van der Waals surface area contributed by atoms with Gasteiger partial charge in [0.15, 0.2) is 0 Å². The van der Waals surface area contributed by atoms with Crippen LogP contribution < -0.4 is 10.8 Å². The van der Waals surface area contributed by atoms with Crippen molar-refractivity contribution in [2.75, 3.05) is 13.2 Å². The Hall–Kier alpha value is -1.49. The Labute approximate surface area is 127 Å². The fraction of sp³-hybridized carbons (Fsp3) is 0.562. The summed E-state index contributed by atoms with van der Waals surface area (Å²) in [5.41, 5.74) is 4.28. The smallest absolute Gasteiger partial charge is 0.219 e. The van der Waals surface area contributed by atoms with Crippen LogP contribution in [0.5, 0.6) is 5.75 Å². The Morgan fingerprint density at radius 3 is 2.95 bits per heavy atom. The molecule has 1 aliphatic rings. The highest BCUT2D eigenvalue weighted by Crippen LogP contribution is 2.40. The van der Waals surface area contributed by atoms with Crippen LogP contribution in [0.3, 0.4) is 0 Å². The first-order valence-corrected chi connectivity index (χ1v) is 7.80. The lowest BCUT2D eigenvalue weighted by atomic mass is 9.84. The number of phenolic OH excluding ortho intramolecular Hbond substituents is 1. The van der Waals surface area contributed by atoms with Crippen LogP contribution in [0.2, 0.25) is 0 Å². The van der Waals surface area contributed by atoms with Crippen molar-refractivity contribution in [3.8, 4) is 5.75 Å². The molecule has 0 unspecified atom stereocenters. The number of carbonyl (C=O) groups is 1. The van der Waals surface area contributed by atoms with Gasteiger partial charge in [-0.2, -0.15) is 0 Å². The topological polar surface area (TPSA) is 69.6 Å². The third kappa shape index (κ3) is 3.40. The average Bonchev–Trinajstić information content (AvgIpc) is 2.86. The predicted octanol–water partition coefficient (Wildman–Crippen LogP) is 0.131. The van der Waals surface area contributed by atoms with E-state index in [0.29, 0.717) is 31.1 Å². The second-order valence-corrected chi connectivity index (χ2v) is 5.79. The van der Waals surface area contributed by atoms with Crippen molar-refractivity contribution in [3.63, 3.8) is 0 Å². The largest absolute Gasteiger partial charge is 0.508 e. The van der Waals surface area contributed by atoms with Gasteiger partial charge in [-0.05, 0) is 53.8 Å². The number of aliphatic hydroxyl groups is 1. The van der Waals surface area contributed by atoms with Crippen molar-refractivity contribution in [3.05, 3.63) is 22.8 Å². The zero-order chi connectivity index (χ0) is 15.4. The first-order valence-electron chi connectivity index (χ1n) is 7.80. The van der Waals surface area contributed by atoms with E-state index in [4.69, 9.17) is 0 Å². The molecule has 0 fully saturated rings. The Morgan fingerprint density at radius 2 is 2.29 bits per heavy atom. The molecule has 0 spiro atoms. The molecule has 1 aliphatic carbocycles. The number of aliphatic hydroxyl groups excluding tert-OH is 1. The number of phenols is 1. The minimum atomic E-state index is 0.0444. The van der Waals surface area contributed by atoms with Gasteiger partial charge in [-0.15, -0.1) is 0 Å². The number of aryl methyl sites for hydroxylation is 1. The summed E-state index contributed by atoms with van der Waals surface area (Å²) in [4.78, 5) is 11.3. The van der Waals surface area contributed by atoms with E-state index in [0.717, 1.165) is 30.3 Å². The van der Waals surface area contributed by atoms with Gasteiger partial charge in [0.1, 0.15) is 13.6 Å². The summed E-state index contributed by atoms with van der Waals surface area (Å²) < 4.78 is 0. The van der Waals surface area contributed by atoms with Gasteiger partial charge in [0.2, 0.25) is 5.91 Å². The lowest BCUT2D eigenvalue weighted by molar-refractivity contribution is -0.120. The molecule has 0 bridgehead atoms. The lowest BCUT2D eigenvalue weighted by Gasteiger charge is -2.18. The molecule has 3 N–H and O–H groups in total. The minimum Gasteiger partial charge on any atom is -0.508 e. The Morgan fingerprint density at radius 1 is 1.52 bits per heavy atom. The second kappa shape index (κ2) is 6.99. The Bertz CT molecular complexity index is 531. The van der Waals surface area contributed by atoms with Crippen LogP contribution in [-0.2, 0) is 17.6 Å². The fourth-order valence-corrected chi connectivity index (χ4v) is 3.32. The number of hydrogen-bond donors (Lipinski definition) is 3. The summed E-state index contributed by atoms with van der Waals surface area (Å²) in [6, 6.07) is 2.07. The first kappa shape index (κ1) is 15.9. The molecule has 1 amide bonds. The highest BCUT2D eigenvalue weighted by atomic mass is 16.3. The number of fused-ring (bicyclic) bond motifs is 1. The fourth-order valence-electron chi connectivity index (χ4n) is 3.32. The quantitative estimate of drug-likeness (QED) is 0.652. The van der Waals surface area contributed by atoms with Crippen LogP contribution >= 0.6 is 0 Å². The third-order valence-electron chi connectivity index (χ3n) is 4.39. The van der Waals surface area contributed by atoms with Crippen LogP contribution in [0.4, 0.5) is 0 Å². The van der Waals surface area contributed by atoms with E-state index in [1.165, 1.54) is 11.1 Å². The molecule has 1 atom stereocenters. The van der Waals surface area contributed by atoms with Gasteiger partial charge in [0, 0.05) is 19.6 Å². The molecule has 0 saturated carbocycles. The molecule has 4 nitrogen and oxygen atoms in total. The lowest BCUT2D eigenvalue weighted by Crippen LogP contribution is -2.24. The summed E-state index contributed by atoms with van der Waals surface area (Å²) in [5, 5.41) is 22.5. The summed E-state index contributed by atoms with van der Waals surface area (Å²) in [5.74, 6) is 0.771. The van der Waals surface area contributed by atoms with Gasteiger partial charge in [0.05, 0.1) is 0 Å². The predicted molar refractivity (Wildman–Crippen MR) is 86.1 cm³/mol. The number of carbonyl (C=O) groups excluding carboxylic acids is 1. The summed E-state index contributed by atoms with van der Waals surface area (Å²) in [6.45, 7) is 2.56. The average molecular weight is 289 g/mol. The van der Waals surface area contributed by atoms with E-state index in [1.54, 1.807) is 0 Å². The van der Waals surface area contributed by atoms with Crippen molar-refractivity contribution < 1.29 is 15.0 Å². The number of benzene rings is 1. The summed E-state index contributed by atoms with van der Waals surface area (Å²) in [6.07, 6.45) is 3.96. The van der Waals surface area contributed by atoms with Crippen molar-refractivity contribution in [1.29, 1.82) is 0 Å². The third-order valence-corrected chi connectivity index (χ3v) is 4.39. The molecule has 0 aromatic heterocycles. The maximum absolute atomic E-state index is 11.3.